The maximum atomic E-state index is 13.4. The lowest BCUT2D eigenvalue weighted by atomic mass is 10.1. The van der Waals surface area contributed by atoms with Gasteiger partial charge in [-0.1, -0.05) is 60.7 Å². The van der Waals surface area contributed by atoms with Gasteiger partial charge >= 0.3 is 0 Å². The molecule has 172 valence electrons. The average Bonchev–Trinajstić information content (AvgIpc) is 3.41. The Morgan fingerprint density at radius 2 is 1.62 bits per heavy atom. The van der Waals surface area contributed by atoms with Gasteiger partial charge in [0.05, 0.1) is 11.6 Å². The molecule has 0 aliphatic carbocycles. The molecule has 0 unspecified atom stereocenters. The minimum atomic E-state index is -0.430. The van der Waals surface area contributed by atoms with Gasteiger partial charge in [0.1, 0.15) is 11.6 Å². The summed E-state index contributed by atoms with van der Waals surface area (Å²) in [5.41, 5.74) is 2.09. The van der Waals surface area contributed by atoms with Crippen LogP contribution in [0.15, 0.2) is 96.4 Å². The highest BCUT2D eigenvalue weighted by molar-refractivity contribution is 7.10. The molecule has 0 saturated carbocycles. The van der Waals surface area contributed by atoms with Gasteiger partial charge in [0.25, 0.3) is 11.8 Å². The third kappa shape index (κ3) is 6.08. The number of carbonyl (C=O) groups is 2. The minimum absolute atomic E-state index is 0.272. The van der Waals surface area contributed by atoms with Crippen LogP contribution >= 0.6 is 11.3 Å². The van der Waals surface area contributed by atoms with Crippen LogP contribution in [-0.2, 0) is 11.3 Å². The zero-order valence-electron chi connectivity index (χ0n) is 18.2. The third-order valence-corrected chi connectivity index (χ3v) is 6.06. The highest BCUT2D eigenvalue weighted by Gasteiger charge is 2.19. The van der Waals surface area contributed by atoms with Gasteiger partial charge in [0, 0.05) is 11.4 Å². The van der Waals surface area contributed by atoms with E-state index in [0.29, 0.717) is 17.9 Å². The van der Waals surface area contributed by atoms with Gasteiger partial charge in [0.15, 0.2) is 6.61 Å². The fourth-order valence-corrected chi connectivity index (χ4v) is 4.23. The molecule has 0 aliphatic rings. The van der Waals surface area contributed by atoms with Crippen molar-refractivity contribution in [1.29, 1.82) is 0 Å². The van der Waals surface area contributed by atoms with Crippen LogP contribution in [0.1, 0.15) is 32.4 Å². The predicted octanol–water partition coefficient (Wildman–Crippen LogP) is 5.10. The zero-order valence-corrected chi connectivity index (χ0v) is 19.1. The molecular formula is C27H23FN2O3S. The SMILES string of the molecule is O=C(COc1ccccc1C(=O)NCc1ccccc1)N[C@@H](c1ccc(F)cc1)c1cccs1. The lowest BCUT2D eigenvalue weighted by molar-refractivity contribution is -0.123. The number of hydrogen-bond acceptors (Lipinski definition) is 4. The van der Waals surface area contributed by atoms with E-state index in [-0.39, 0.29) is 24.2 Å². The Balaban J connectivity index is 1.40. The first-order valence-corrected chi connectivity index (χ1v) is 11.6. The molecule has 1 heterocycles. The molecule has 0 fully saturated rings. The van der Waals surface area contributed by atoms with Crippen molar-refractivity contribution in [2.24, 2.45) is 0 Å². The summed E-state index contributed by atoms with van der Waals surface area (Å²) in [6.45, 7) is 0.112. The quantitative estimate of drug-likeness (QED) is 0.355. The van der Waals surface area contributed by atoms with Crippen LogP contribution in [0.3, 0.4) is 0 Å². The van der Waals surface area contributed by atoms with Gasteiger partial charge in [-0.3, -0.25) is 9.59 Å². The molecule has 7 heteroatoms. The van der Waals surface area contributed by atoms with Crippen molar-refractivity contribution in [3.63, 3.8) is 0 Å². The number of nitrogens with one attached hydrogen (secondary N) is 2. The Morgan fingerprint density at radius 3 is 2.35 bits per heavy atom. The van der Waals surface area contributed by atoms with Crippen molar-refractivity contribution in [1.82, 2.24) is 10.6 Å². The third-order valence-electron chi connectivity index (χ3n) is 5.12. The fourth-order valence-electron chi connectivity index (χ4n) is 3.43. The van der Waals surface area contributed by atoms with Crippen LogP contribution in [0.2, 0.25) is 0 Å². The first-order chi connectivity index (χ1) is 16.6. The molecule has 0 radical (unpaired) electrons. The fraction of sp³-hybridized carbons (Fsp3) is 0.111. The van der Waals surface area contributed by atoms with E-state index in [9.17, 15) is 14.0 Å². The van der Waals surface area contributed by atoms with E-state index in [1.165, 1.54) is 23.5 Å². The van der Waals surface area contributed by atoms with Gasteiger partial charge in [-0.2, -0.15) is 0 Å². The Kier molecular flexibility index (Phi) is 7.67. The van der Waals surface area contributed by atoms with Crippen LogP contribution in [0, 0.1) is 5.82 Å². The van der Waals surface area contributed by atoms with Crippen LogP contribution in [0.25, 0.3) is 0 Å². The highest BCUT2D eigenvalue weighted by atomic mass is 32.1. The Morgan fingerprint density at radius 1 is 0.882 bits per heavy atom. The highest BCUT2D eigenvalue weighted by Crippen LogP contribution is 2.26. The molecule has 2 N–H and O–H groups in total. The number of ether oxygens (including phenoxy) is 1. The van der Waals surface area contributed by atoms with Gasteiger partial charge < -0.3 is 15.4 Å². The smallest absolute Gasteiger partial charge is 0.258 e. The van der Waals surface area contributed by atoms with E-state index in [4.69, 9.17) is 4.74 Å². The van der Waals surface area contributed by atoms with E-state index in [2.05, 4.69) is 10.6 Å². The first-order valence-electron chi connectivity index (χ1n) is 10.7. The molecule has 1 aromatic heterocycles. The second-order valence-corrected chi connectivity index (χ2v) is 8.50. The molecular weight excluding hydrogens is 451 g/mol. The van der Waals surface area contributed by atoms with Crippen LogP contribution in [-0.4, -0.2) is 18.4 Å². The van der Waals surface area contributed by atoms with E-state index >= 15 is 0 Å². The number of rotatable bonds is 9. The van der Waals surface area contributed by atoms with Crippen molar-refractivity contribution in [3.8, 4) is 5.75 Å². The van der Waals surface area contributed by atoms with Crippen LogP contribution in [0.4, 0.5) is 4.39 Å². The topological polar surface area (TPSA) is 67.4 Å². The van der Waals surface area contributed by atoms with E-state index < -0.39 is 6.04 Å². The van der Waals surface area contributed by atoms with Crippen molar-refractivity contribution in [3.05, 3.63) is 124 Å². The lowest BCUT2D eigenvalue weighted by Crippen LogP contribution is -2.33. The summed E-state index contributed by atoms with van der Waals surface area (Å²) in [5, 5.41) is 7.73. The van der Waals surface area contributed by atoms with Gasteiger partial charge in [-0.05, 0) is 46.8 Å². The molecule has 3 aromatic carbocycles. The predicted molar refractivity (Wildman–Crippen MR) is 130 cm³/mol. The molecule has 0 spiro atoms. The number of amides is 2. The van der Waals surface area contributed by atoms with Crippen molar-refractivity contribution in [2.45, 2.75) is 12.6 Å². The zero-order chi connectivity index (χ0) is 23.8. The molecule has 4 aromatic rings. The molecule has 0 bridgehead atoms. The second kappa shape index (κ2) is 11.2. The van der Waals surface area contributed by atoms with Crippen LogP contribution < -0.4 is 15.4 Å². The lowest BCUT2D eigenvalue weighted by Gasteiger charge is -2.19. The summed E-state index contributed by atoms with van der Waals surface area (Å²) in [4.78, 5) is 26.4. The van der Waals surface area contributed by atoms with Gasteiger partial charge in [-0.15, -0.1) is 11.3 Å². The number of benzene rings is 3. The maximum absolute atomic E-state index is 13.4. The first kappa shape index (κ1) is 23.2. The summed E-state index contributed by atoms with van der Waals surface area (Å²) in [5.74, 6) is -0.673. The van der Waals surface area contributed by atoms with Gasteiger partial charge in [0.2, 0.25) is 0 Å². The molecule has 5 nitrogen and oxygen atoms in total. The Bertz CT molecular complexity index is 1230. The molecule has 0 saturated heterocycles. The second-order valence-electron chi connectivity index (χ2n) is 7.52. The van der Waals surface area contributed by atoms with E-state index in [1.807, 2.05) is 47.8 Å². The average molecular weight is 475 g/mol. The molecule has 4 rings (SSSR count). The summed E-state index contributed by atoms with van der Waals surface area (Å²) < 4.78 is 19.1. The summed E-state index contributed by atoms with van der Waals surface area (Å²) >= 11 is 1.49. The number of carbonyl (C=O) groups excluding carboxylic acids is 2. The van der Waals surface area contributed by atoms with Crippen molar-refractivity contribution >= 4 is 23.2 Å². The molecule has 2 amide bonds. The summed E-state index contributed by atoms with van der Waals surface area (Å²) in [6, 6.07) is 25.8. The number of para-hydroxylation sites is 1. The largest absolute Gasteiger partial charge is 0.483 e. The Hall–Kier alpha value is -3.97. The number of halogens is 1. The van der Waals surface area contributed by atoms with Crippen molar-refractivity contribution < 1.29 is 18.7 Å². The van der Waals surface area contributed by atoms with E-state index in [1.54, 1.807) is 36.4 Å². The van der Waals surface area contributed by atoms with E-state index in [0.717, 1.165) is 16.0 Å². The van der Waals surface area contributed by atoms with Crippen molar-refractivity contribution in [2.75, 3.05) is 6.61 Å². The monoisotopic (exact) mass is 474 g/mol. The normalized spacial score (nSPS) is 11.4. The maximum Gasteiger partial charge on any atom is 0.258 e. The summed E-state index contributed by atoms with van der Waals surface area (Å²) in [7, 11) is 0. The molecule has 0 aliphatic heterocycles. The molecule has 34 heavy (non-hydrogen) atoms. The Labute approximate surface area is 201 Å². The standard InChI is InChI=1S/C27H23FN2O3S/c28-21-14-12-20(13-15-21)26(24-11-6-16-34-24)30-25(31)18-33-23-10-5-4-9-22(23)27(32)29-17-19-7-2-1-3-8-19/h1-16,26H,17-18H2,(H,29,32)(H,30,31)/t26-/m0/s1. The number of hydrogen-bond donors (Lipinski definition) is 2. The van der Waals surface area contributed by atoms with Gasteiger partial charge in [-0.25, -0.2) is 4.39 Å². The summed E-state index contributed by atoms with van der Waals surface area (Å²) in [6.07, 6.45) is 0. The number of thiophene rings is 1. The van der Waals surface area contributed by atoms with Crippen LogP contribution in [0.5, 0.6) is 5.75 Å². The minimum Gasteiger partial charge on any atom is -0.483 e. The molecule has 1 atom stereocenters.